The van der Waals surface area contributed by atoms with Gasteiger partial charge < -0.3 is 5.11 Å². The molecule has 3 rings (SSSR count). The molecule has 0 aliphatic heterocycles. The molecule has 0 saturated carbocycles. The molecular formula is C11H9BrN4O. The van der Waals surface area contributed by atoms with E-state index < -0.39 is 0 Å². The van der Waals surface area contributed by atoms with Gasteiger partial charge >= 0.3 is 0 Å². The Kier molecular flexibility index (Phi) is 2.09. The Balaban J connectivity index is 2.62. The molecule has 0 amide bonds. The lowest BCUT2D eigenvalue weighted by Gasteiger charge is -2.05. The van der Waals surface area contributed by atoms with Crippen molar-refractivity contribution in [3.63, 3.8) is 0 Å². The Morgan fingerprint density at radius 2 is 1.94 bits per heavy atom. The Bertz CT molecular complexity index is 750. The monoisotopic (exact) mass is 292 g/mol. The molecule has 0 bridgehead atoms. The summed E-state index contributed by atoms with van der Waals surface area (Å²) in [7, 11) is 0. The van der Waals surface area contributed by atoms with Crippen molar-refractivity contribution in [2.24, 2.45) is 0 Å². The Morgan fingerprint density at radius 3 is 2.71 bits per heavy atom. The van der Waals surface area contributed by atoms with E-state index in [1.165, 1.54) is 0 Å². The molecule has 0 aliphatic rings. The second-order valence-electron chi connectivity index (χ2n) is 3.90. The molecule has 5 nitrogen and oxygen atoms in total. The zero-order chi connectivity index (χ0) is 12.2. The van der Waals surface area contributed by atoms with Crippen LogP contribution in [0.3, 0.4) is 0 Å². The van der Waals surface area contributed by atoms with Crippen molar-refractivity contribution in [3.05, 3.63) is 28.3 Å². The number of rotatable bonds is 0. The lowest BCUT2D eigenvalue weighted by molar-refractivity contribution is 0.457. The average molecular weight is 293 g/mol. The van der Waals surface area contributed by atoms with Gasteiger partial charge in [0.05, 0.1) is 15.6 Å². The molecule has 3 heterocycles. The van der Waals surface area contributed by atoms with Gasteiger partial charge in [0.1, 0.15) is 5.82 Å². The fraction of sp³-hybridized carbons (Fsp3) is 0.182. The SMILES string of the molecule is Cc1cn2c(n1)c(Br)cc1c(O)nc(C)nc12. The van der Waals surface area contributed by atoms with Crippen LogP contribution in [0.5, 0.6) is 5.88 Å². The van der Waals surface area contributed by atoms with Crippen LogP contribution in [0.2, 0.25) is 0 Å². The van der Waals surface area contributed by atoms with Crippen molar-refractivity contribution in [1.29, 1.82) is 0 Å². The summed E-state index contributed by atoms with van der Waals surface area (Å²) in [6.45, 7) is 3.66. The highest BCUT2D eigenvalue weighted by atomic mass is 79.9. The maximum atomic E-state index is 9.84. The van der Waals surface area contributed by atoms with E-state index in [2.05, 4.69) is 30.9 Å². The largest absolute Gasteiger partial charge is 0.493 e. The van der Waals surface area contributed by atoms with Gasteiger partial charge in [-0.05, 0) is 35.8 Å². The minimum absolute atomic E-state index is 0.0125. The third-order valence-corrected chi connectivity index (χ3v) is 3.14. The molecule has 0 aliphatic carbocycles. The molecule has 3 aromatic rings. The van der Waals surface area contributed by atoms with E-state index in [0.717, 1.165) is 15.8 Å². The number of aromatic hydroxyl groups is 1. The number of halogens is 1. The van der Waals surface area contributed by atoms with Gasteiger partial charge in [0.15, 0.2) is 11.3 Å². The van der Waals surface area contributed by atoms with Crippen LogP contribution in [0.4, 0.5) is 0 Å². The number of aromatic nitrogens is 4. The van der Waals surface area contributed by atoms with Crippen LogP contribution in [0.1, 0.15) is 11.5 Å². The van der Waals surface area contributed by atoms with Crippen molar-refractivity contribution in [2.45, 2.75) is 13.8 Å². The lowest BCUT2D eigenvalue weighted by Crippen LogP contribution is -1.96. The van der Waals surface area contributed by atoms with Gasteiger partial charge in [0, 0.05) is 6.20 Å². The summed E-state index contributed by atoms with van der Waals surface area (Å²) in [6, 6.07) is 1.78. The second kappa shape index (κ2) is 3.40. The van der Waals surface area contributed by atoms with Crippen LogP contribution < -0.4 is 0 Å². The zero-order valence-electron chi connectivity index (χ0n) is 9.27. The van der Waals surface area contributed by atoms with Gasteiger partial charge in [-0.25, -0.2) is 9.97 Å². The Labute approximate surface area is 105 Å². The Hall–Kier alpha value is -1.69. The normalized spacial score (nSPS) is 11.5. The summed E-state index contributed by atoms with van der Waals surface area (Å²) < 4.78 is 2.66. The van der Waals surface area contributed by atoms with Crippen LogP contribution in [0.25, 0.3) is 16.7 Å². The molecular weight excluding hydrogens is 284 g/mol. The van der Waals surface area contributed by atoms with Crippen molar-refractivity contribution < 1.29 is 5.11 Å². The number of hydrogen-bond acceptors (Lipinski definition) is 4. The minimum atomic E-state index is -0.0125. The number of nitrogens with zero attached hydrogens (tertiary/aromatic N) is 4. The fourth-order valence-electron chi connectivity index (χ4n) is 1.88. The molecule has 86 valence electrons. The third-order valence-electron chi connectivity index (χ3n) is 2.56. The van der Waals surface area contributed by atoms with Gasteiger partial charge in [0.2, 0.25) is 5.88 Å². The summed E-state index contributed by atoms with van der Waals surface area (Å²) in [5, 5.41) is 10.4. The maximum absolute atomic E-state index is 9.84. The topological polar surface area (TPSA) is 63.3 Å². The van der Waals surface area contributed by atoms with Crippen LogP contribution in [0, 0.1) is 13.8 Å². The molecule has 0 atom stereocenters. The summed E-state index contributed by atoms with van der Waals surface area (Å²) in [4.78, 5) is 12.7. The standard InChI is InChI=1S/C11H9BrN4O/c1-5-4-16-9-7(3-8(12)10(16)13-5)11(17)15-6(2)14-9/h3-4H,1-2H3,(H,14,15,17). The van der Waals surface area contributed by atoms with Gasteiger partial charge in [-0.2, -0.15) is 4.98 Å². The molecule has 3 aromatic heterocycles. The van der Waals surface area contributed by atoms with E-state index in [4.69, 9.17) is 0 Å². The molecule has 6 heteroatoms. The van der Waals surface area contributed by atoms with Crippen LogP contribution in [0.15, 0.2) is 16.7 Å². The highest BCUT2D eigenvalue weighted by molar-refractivity contribution is 9.10. The quantitative estimate of drug-likeness (QED) is 0.691. The van der Waals surface area contributed by atoms with Crippen molar-refractivity contribution in [2.75, 3.05) is 0 Å². The summed E-state index contributed by atoms with van der Waals surface area (Å²) in [5.41, 5.74) is 2.34. The highest BCUT2D eigenvalue weighted by Crippen LogP contribution is 2.28. The molecule has 0 unspecified atom stereocenters. The number of hydrogen-bond donors (Lipinski definition) is 1. The van der Waals surface area contributed by atoms with E-state index in [-0.39, 0.29) is 5.88 Å². The van der Waals surface area contributed by atoms with E-state index >= 15 is 0 Å². The van der Waals surface area contributed by atoms with E-state index in [1.54, 1.807) is 13.0 Å². The Morgan fingerprint density at radius 1 is 1.18 bits per heavy atom. The number of pyridine rings is 1. The highest BCUT2D eigenvalue weighted by Gasteiger charge is 2.12. The molecule has 1 N–H and O–H groups in total. The fourth-order valence-corrected chi connectivity index (χ4v) is 2.39. The van der Waals surface area contributed by atoms with Crippen LogP contribution in [-0.4, -0.2) is 24.5 Å². The summed E-state index contributed by atoms with van der Waals surface area (Å²) >= 11 is 3.43. The lowest BCUT2D eigenvalue weighted by atomic mass is 10.3. The second-order valence-corrected chi connectivity index (χ2v) is 4.75. The first-order chi connectivity index (χ1) is 8.06. The number of fused-ring (bicyclic) bond motifs is 3. The van der Waals surface area contributed by atoms with Gasteiger partial charge in [-0.1, -0.05) is 0 Å². The van der Waals surface area contributed by atoms with Crippen molar-refractivity contribution >= 4 is 32.6 Å². The zero-order valence-corrected chi connectivity index (χ0v) is 10.9. The minimum Gasteiger partial charge on any atom is -0.493 e. The van der Waals surface area contributed by atoms with Crippen molar-refractivity contribution in [3.8, 4) is 5.88 Å². The summed E-state index contributed by atoms with van der Waals surface area (Å²) in [5.74, 6) is 0.520. The molecule has 0 spiro atoms. The third kappa shape index (κ3) is 1.48. The molecule has 0 radical (unpaired) electrons. The van der Waals surface area contributed by atoms with Crippen LogP contribution in [-0.2, 0) is 0 Å². The first-order valence-corrected chi connectivity index (χ1v) is 5.87. The molecule has 0 fully saturated rings. The summed E-state index contributed by atoms with van der Waals surface area (Å²) in [6.07, 6.45) is 1.88. The van der Waals surface area contributed by atoms with E-state index in [0.29, 0.717) is 16.9 Å². The molecule has 0 saturated heterocycles. The van der Waals surface area contributed by atoms with Crippen molar-refractivity contribution in [1.82, 2.24) is 19.4 Å². The molecule has 17 heavy (non-hydrogen) atoms. The smallest absolute Gasteiger partial charge is 0.223 e. The predicted octanol–water partition coefficient (Wildman–Crippen LogP) is 2.36. The van der Waals surface area contributed by atoms with Gasteiger partial charge in [0.25, 0.3) is 0 Å². The number of imidazole rings is 1. The van der Waals surface area contributed by atoms with E-state index in [9.17, 15) is 5.11 Å². The first kappa shape index (κ1) is 10.5. The number of aryl methyl sites for hydroxylation is 2. The molecule has 0 aromatic carbocycles. The first-order valence-electron chi connectivity index (χ1n) is 5.08. The average Bonchev–Trinajstić information content (AvgIpc) is 2.63. The van der Waals surface area contributed by atoms with E-state index in [1.807, 2.05) is 17.5 Å². The van der Waals surface area contributed by atoms with Crippen LogP contribution >= 0.6 is 15.9 Å². The van der Waals surface area contributed by atoms with Gasteiger partial charge in [-0.15, -0.1) is 0 Å². The predicted molar refractivity (Wildman–Crippen MR) is 67.1 cm³/mol. The van der Waals surface area contributed by atoms with Gasteiger partial charge in [-0.3, -0.25) is 4.40 Å². The maximum Gasteiger partial charge on any atom is 0.223 e.